The fourth-order valence-electron chi connectivity index (χ4n) is 2.08. The summed E-state index contributed by atoms with van der Waals surface area (Å²) in [6.07, 6.45) is 0.863. The Morgan fingerprint density at radius 1 is 1.37 bits per heavy atom. The number of likely N-dealkylation sites (tertiary alicyclic amines) is 1. The second-order valence-electron chi connectivity index (χ2n) is 4.38. The number of aliphatic hydroxyl groups excluding tert-OH is 2. The minimum atomic E-state index is -0.968. The van der Waals surface area contributed by atoms with Gasteiger partial charge in [0.1, 0.15) is 5.56 Å². The van der Waals surface area contributed by atoms with E-state index in [2.05, 4.69) is 4.98 Å². The molecule has 2 aromatic rings. The summed E-state index contributed by atoms with van der Waals surface area (Å²) in [6, 6.07) is 0. The Morgan fingerprint density at radius 3 is 2.74 bits per heavy atom. The number of carbonyl (C=O) groups excluding carboxylic acids is 1. The zero-order valence-corrected chi connectivity index (χ0v) is 10.6. The fourth-order valence-corrected chi connectivity index (χ4v) is 2.75. The molecule has 7 nitrogen and oxygen atoms in total. The molecule has 3 rings (SSSR count). The van der Waals surface area contributed by atoms with E-state index in [4.69, 9.17) is 0 Å². The van der Waals surface area contributed by atoms with Crippen molar-refractivity contribution in [1.29, 1.82) is 0 Å². The van der Waals surface area contributed by atoms with E-state index in [9.17, 15) is 19.8 Å². The smallest absolute Gasteiger partial charge is 0.271 e. The van der Waals surface area contributed by atoms with Crippen molar-refractivity contribution in [3.63, 3.8) is 0 Å². The molecule has 2 atom stereocenters. The van der Waals surface area contributed by atoms with Gasteiger partial charge >= 0.3 is 0 Å². The maximum atomic E-state index is 12.2. The minimum Gasteiger partial charge on any atom is -0.388 e. The summed E-state index contributed by atoms with van der Waals surface area (Å²) in [6.45, 7) is 0.0392. The zero-order chi connectivity index (χ0) is 13.6. The summed E-state index contributed by atoms with van der Waals surface area (Å²) in [5, 5.41) is 20.6. The van der Waals surface area contributed by atoms with E-state index in [1.807, 2.05) is 0 Å². The quantitative estimate of drug-likeness (QED) is 0.694. The molecular weight excluding hydrogens is 270 g/mol. The van der Waals surface area contributed by atoms with Gasteiger partial charge in [0.2, 0.25) is 0 Å². The number of hydrogen-bond acceptors (Lipinski definition) is 6. The summed E-state index contributed by atoms with van der Waals surface area (Å²) >= 11 is 1.30. The van der Waals surface area contributed by atoms with E-state index in [1.54, 1.807) is 11.6 Å². The summed E-state index contributed by atoms with van der Waals surface area (Å²) < 4.78 is 1.31. The highest BCUT2D eigenvalue weighted by atomic mass is 32.1. The predicted molar refractivity (Wildman–Crippen MR) is 67.3 cm³/mol. The highest BCUT2D eigenvalue weighted by molar-refractivity contribution is 7.15. The molecular formula is C11H11N3O4S. The van der Waals surface area contributed by atoms with E-state index >= 15 is 0 Å². The van der Waals surface area contributed by atoms with Crippen LogP contribution in [0.15, 0.2) is 22.6 Å². The molecule has 0 radical (unpaired) electrons. The van der Waals surface area contributed by atoms with Crippen LogP contribution in [-0.4, -0.2) is 55.7 Å². The first-order valence-electron chi connectivity index (χ1n) is 5.68. The molecule has 0 aliphatic carbocycles. The molecule has 0 bridgehead atoms. The first kappa shape index (κ1) is 12.3. The van der Waals surface area contributed by atoms with Crippen LogP contribution in [0.5, 0.6) is 0 Å². The van der Waals surface area contributed by atoms with Crippen LogP contribution in [0.25, 0.3) is 4.96 Å². The Kier molecular flexibility index (Phi) is 2.85. The van der Waals surface area contributed by atoms with E-state index in [-0.39, 0.29) is 18.7 Å². The number of rotatable bonds is 1. The van der Waals surface area contributed by atoms with Crippen molar-refractivity contribution in [2.75, 3.05) is 13.1 Å². The number of nitrogens with zero attached hydrogens (tertiary/aromatic N) is 3. The molecule has 0 unspecified atom stereocenters. The number of aliphatic hydroxyl groups is 2. The number of β-amino-alcohol motifs (C(OH)–C–C–N with tert-alkyl or cyclic N) is 2. The lowest BCUT2D eigenvalue weighted by molar-refractivity contribution is 0.0572. The Hall–Kier alpha value is -1.77. The van der Waals surface area contributed by atoms with Crippen LogP contribution >= 0.6 is 11.3 Å². The van der Waals surface area contributed by atoms with Gasteiger partial charge in [-0.1, -0.05) is 0 Å². The molecule has 1 aliphatic heterocycles. The lowest BCUT2D eigenvalue weighted by atomic mass is 10.3. The van der Waals surface area contributed by atoms with Gasteiger partial charge in [-0.15, -0.1) is 11.3 Å². The average molecular weight is 281 g/mol. The normalized spacial score (nSPS) is 23.2. The maximum absolute atomic E-state index is 12.2. The molecule has 1 aliphatic rings. The van der Waals surface area contributed by atoms with Crippen molar-refractivity contribution in [2.45, 2.75) is 12.2 Å². The van der Waals surface area contributed by atoms with Crippen LogP contribution in [0.3, 0.4) is 0 Å². The molecule has 19 heavy (non-hydrogen) atoms. The highest BCUT2D eigenvalue weighted by Crippen LogP contribution is 2.13. The van der Waals surface area contributed by atoms with Crippen LogP contribution in [0.1, 0.15) is 10.4 Å². The molecule has 8 heteroatoms. The lowest BCUT2D eigenvalue weighted by Gasteiger charge is -2.14. The standard InChI is InChI=1S/C11H11N3O4S/c15-7-4-13(5-8(7)16)9(17)6-3-12-11-14(10(6)18)1-2-19-11/h1-3,7-8,15-16H,4-5H2/t7-,8+. The van der Waals surface area contributed by atoms with E-state index in [1.165, 1.54) is 26.8 Å². The Bertz CT molecular complexity index is 685. The average Bonchev–Trinajstić information content (AvgIpc) is 2.97. The number of fused-ring (bicyclic) bond motifs is 1. The van der Waals surface area contributed by atoms with E-state index < -0.39 is 23.7 Å². The third kappa shape index (κ3) is 1.93. The predicted octanol–water partition coefficient (Wildman–Crippen LogP) is -1.07. The zero-order valence-electron chi connectivity index (χ0n) is 9.76. The molecule has 3 heterocycles. The van der Waals surface area contributed by atoms with Crippen molar-refractivity contribution < 1.29 is 15.0 Å². The van der Waals surface area contributed by atoms with Crippen LogP contribution < -0.4 is 5.56 Å². The topological polar surface area (TPSA) is 95.1 Å². The van der Waals surface area contributed by atoms with Gasteiger partial charge in [0.25, 0.3) is 11.5 Å². The first-order valence-corrected chi connectivity index (χ1v) is 6.56. The highest BCUT2D eigenvalue weighted by Gasteiger charge is 2.34. The van der Waals surface area contributed by atoms with Crippen molar-refractivity contribution >= 4 is 22.2 Å². The van der Waals surface area contributed by atoms with E-state index in [0.29, 0.717) is 4.96 Å². The lowest BCUT2D eigenvalue weighted by Crippen LogP contribution is -2.35. The molecule has 1 saturated heterocycles. The van der Waals surface area contributed by atoms with Crippen molar-refractivity contribution in [3.8, 4) is 0 Å². The van der Waals surface area contributed by atoms with Gasteiger partial charge < -0.3 is 15.1 Å². The third-order valence-corrected chi connectivity index (χ3v) is 3.89. The largest absolute Gasteiger partial charge is 0.388 e. The second kappa shape index (κ2) is 4.41. The van der Waals surface area contributed by atoms with Gasteiger partial charge in [-0.25, -0.2) is 4.98 Å². The summed E-state index contributed by atoms with van der Waals surface area (Å²) in [5.41, 5.74) is -0.496. The number of aromatic nitrogens is 2. The van der Waals surface area contributed by atoms with E-state index in [0.717, 1.165) is 0 Å². The summed E-state index contributed by atoms with van der Waals surface area (Å²) in [4.78, 5) is 30.1. The summed E-state index contributed by atoms with van der Waals surface area (Å²) in [7, 11) is 0. The number of amides is 1. The maximum Gasteiger partial charge on any atom is 0.271 e. The second-order valence-corrected chi connectivity index (χ2v) is 5.25. The van der Waals surface area contributed by atoms with Crippen LogP contribution in [0.2, 0.25) is 0 Å². The van der Waals surface area contributed by atoms with Crippen LogP contribution in [0.4, 0.5) is 0 Å². The Morgan fingerprint density at radius 2 is 2.05 bits per heavy atom. The number of carbonyl (C=O) groups is 1. The molecule has 0 saturated carbocycles. The van der Waals surface area contributed by atoms with Crippen LogP contribution in [-0.2, 0) is 0 Å². The molecule has 100 valence electrons. The molecule has 0 spiro atoms. The van der Waals surface area contributed by atoms with Gasteiger partial charge in [0.05, 0.1) is 12.2 Å². The van der Waals surface area contributed by atoms with Crippen molar-refractivity contribution in [3.05, 3.63) is 33.7 Å². The van der Waals surface area contributed by atoms with Crippen molar-refractivity contribution in [1.82, 2.24) is 14.3 Å². The molecule has 2 N–H and O–H groups in total. The van der Waals surface area contributed by atoms with Gasteiger partial charge in [0, 0.05) is 30.9 Å². The molecule has 0 aromatic carbocycles. The first-order chi connectivity index (χ1) is 9.08. The van der Waals surface area contributed by atoms with Gasteiger partial charge in [-0.2, -0.15) is 0 Å². The molecule has 2 aromatic heterocycles. The third-order valence-electron chi connectivity index (χ3n) is 3.12. The summed E-state index contributed by atoms with van der Waals surface area (Å²) in [5.74, 6) is -0.520. The Labute approximate surface area is 111 Å². The fraction of sp³-hybridized carbons (Fsp3) is 0.364. The molecule has 1 fully saturated rings. The van der Waals surface area contributed by atoms with Gasteiger partial charge in [-0.3, -0.25) is 14.0 Å². The van der Waals surface area contributed by atoms with Crippen molar-refractivity contribution in [2.24, 2.45) is 0 Å². The monoisotopic (exact) mass is 281 g/mol. The Balaban J connectivity index is 1.98. The number of thiazole rings is 1. The van der Waals surface area contributed by atoms with Crippen LogP contribution in [0, 0.1) is 0 Å². The number of hydrogen-bond donors (Lipinski definition) is 2. The van der Waals surface area contributed by atoms with Gasteiger partial charge in [0.15, 0.2) is 4.96 Å². The minimum absolute atomic E-state index is 0.0196. The SMILES string of the molecule is O=C(c1cnc2sccn2c1=O)N1C[C@@H](O)[C@@H](O)C1. The van der Waals surface area contributed by atoms with Gasteiger partial charge in [-0.05, 0) is 0 Å². The molecule has 1 amide bonds.